The Bertz CT molecular complexity index is 1560. The Kier molecular flexibility index (Phi) is 4.47. The van der Waals surface area contributed by atoms with Crippen molar-refractivity contribution in [2.45, 2.75) is 6.92 Å². The number of hydrogen-bond donors (Lipinski definition) is 2. The summed E-state index contributed by atoms with van der Waals surface area (Å²) in [7, 11) is 0. The third kappa shape index (κ3) is 3.34. The third-order valence-corrected chi connectivity index (χ3v) is 5.40. The molecule has 0 radical (unpaired) electrons. The summed E-state index contributed by atoms with van der Waals surface area (Å²) in [6, 6.07) is 13.7. The second-order valence-corrected chi connectivity index (χ2v) is 7.60. The molecule has 0 saturated heterocycles. The summed E-state index contributed by atoms with van der Waals surface area (Å²) in [4.78, 5) is 34.2. The lowest BCUT2D eigenvalue weighted by Gasteiger charge is -2.15. The van der Waals surface area contributed by atoms with E-state index in [-0.39, 0.29) is 0 Å². The number of H-pyrrole nitrogens is 2. The standard InChI is InChI=1S/C25H18N8/c1-15-6-10-27-18(13-15)16-14-19-22(33-25(32-19)24-30-11-12-31-24)21(23-28-8-4-9-29-23)20(16)17-5-2-3-7-26-17/h2-14H,1H3,(H,30,31)(H,32,33). The molecule has 0 fully saturated rings. The van der Waals surface area contributed by atoms with Gasteiger partial charge in [0.2, 0.25) is 0 Å². The number of aryl methyl sites for hydroxylation is 1. The van der Waals surface area contributed by atoms with Crippen molar-refractivity contribution in [3.05, 3.63) is 85.2 Å². The van der Waals surface area contributed by atoms with Gasteiger partial charge in [0, 0.05) is 48.3 Å². The summed E-state index contributed by atoms with van der Waals surface area (Å²) in [5.41, 5.74) is 6.91. The maximum atomic E-state index is 4.89. The predicted molar refractivity (Wildman–Crippen MR) is 126 cm³/mol. The number of benzene rings is 1. The fourth-order valence-corrected chi connectivity index (χ4v) is 3.97. The van der Waals surface area contributed by atoms with Gasteiger partial charge in [0.05, 0.1) is 22.5 Å². The van der Waals surface area contributed by atoms with Crippen LogP contribution in [0.4, 0.5) is 0 Å². The first-order valence-electron chi connectivity index (χ1n) is 10.5. The molecule has 0 amide bonds. The summed E-state index contributed by atoms with van der Waals surface area (Å²) < 4.78 is 0. The Balaban J connectivity index is 1.77. The smallest absolute Gasteiger partial charge is 0.174 e. The van der Waals surface area contributed by atoms with Crippen LogP contribution < -0.4 is 0 Å². The van der Waals surface area contributed by atoms with Gasteiger partial charge in [-0.05, 0) is 48.9 Å². The van der Waals surface area contributed by atoms with Gasteiger partial charge in [0.25, 0.3) is 0 Å². The molecule has 5 heterocycles. The maximum absolute atomic E-state index is 4.89. The molecule has 1 aromatic carbocycles. The van der Waals surface area contributed by atoms with Crippen molar-refractivity contribution in [3.63, 3.8) is 0 Å². The van der Waals surface area contributed by atoms with E-state index in [0.29, 0.717) is 17.5 Å². The van der Waals surface area contributed by atoms with Crippen LogP contribution in [0.15, 0.2) is 79.6 Å². The number of imidazole rings is 2. The van der Waals surface area contributed by atoms with Crippen molar-refractivity contribution in [3.8, 4) is 45.6 Å². The molecule has 6 aromatic rings. The van der Waals surface area contributed by atoms with Gasteiger partial charge in [-0.1, -0.05) is 6.07 Å². The molecule has 8 nitrogen and oxygen atoms in total. The van der Waals surface area contributed by atoms with Crippen molar-refractivity contribution < 1.29 is 0 Å². The van der Waals surface area contributed by atoms with Crippen molar-refractivity contribution in [2.24, 2.45) is 0 Å². The van der Waals surface area contributed by atoms with Gasteiger partial charge in [-0.25, -0.2) is 19.9 Å². The zero-order chi connectivity index (χ0) is 22.2. The minimum Gasteiger partial charge on any atom is -0.342 e. The summed E-state index contributed by atoms with van der Waals surface area (Å²) in [5, 5.41) is 0. The maximum Gasteiger partial charge on any atom is 0.174 e. The molecule has 0 unspecified atom stereocenters. The summed E-state index contributed by atoms with van der Waals surface area (Å²) >= 11 is 0. The summed E-state index contributed by atoms with van der Waals surface area (Å²) in [6.07, 6.45) is 10.5. The molecule has 33 heavy (non-hydrogen) atoms. The quantitative estimate of drug-likeness (QED) is 0.414. The van der Waals surface area contributed by atoms with Crippen LogP contribution in [0.2, 0.25) is 0 Å². The number of rotatable bonds is 4. The Morgan fingerprint density at radius 2 is 1.55 bits per heavy atom. The lowest BCUT2D eigenvalue weighted by atomic mass is 9.93. The Hall–Kier alpha value is -4.72. The molecule has 8 heteroatoms. The largest absolute Gasteiger partial charge is 0.342 e. The van der Waals surface area contributed by atoms with E-state index in [0.717, 1.165) is 44.7 Å². The van der Waals surface area contributed by atoms with Crippen LogP contribution in [-0.2, 0) is 0 Å². The number of nitrogens with zero attached hydrogens (tertiary/aromatic N) is 6. The monoisotopic (exact) mass is 430 g/mol. The molecular weight excluding hydrogens is 412 g/mol. The van der Waals surface area contributed by atoms with Gasteiger partial charge in [-0.3, -0.25) is 9.97 Å². The van der Waals surface area contributed by atoms with E-state index in [4.69, 9.17) is 4.98 Å². The molecule has 5 aromatic heterocycles. The van der Waals surface area contributed by atoms with Gasteiger partial charge in [-0.15, -0.1) is 0 Å². The van der Waals surface area contributed by atoms with Crippen LogP contribution in [-0.4, -0.2) is 39.9 Å². The minimum absolute atomic E-state index is 0.565. The second-order valence-electron chi connectivity index (χ2n) is 7.60. The molecule has 0 spiro atoms. The SMILES string of the molecule is Cc1ccnc(-c2cc3[nH]c(-c4ncc[nH]4)nc3c(-c3ncccn3)c2-c2ccccn2)c1. The lowest BCUT2D eigenvalue weighted by Crippen LogP contribution is -1.98. The zero-order valence-corrected chi connectivity index (χ0v) is 17.7. The van der Waals surface area contributed by atoms with E-state index in [1.54, 1.807) is 37.1 Å². The van der Waals surface area contributed by atoms with Crippen LogP contribution in [0.1, 0.15) is 5.56 Å². The van der Waals surface area contributed by atoms with Crippen LogP contribution in [0.25, 0.3) is 56.6 Å². The average Bonchev–Trinajstić information content (AvgIpc) is 3.54. The van der Waals surface area contributed by atoms with Gasteiger partial charge in [0.1, 0.15) is 5.52 Å². The number of fused-ring (bicyclic) bond motifs is 1. The molecule has 6 rings (SSSR count). The van der Waals surface area contributed by atoms with Crippen molar-refractivity contribution in [1.29, 1.82) is 0 Å². The topological polar surface area (TPSA) is 109 Å². The van der Waals surface area contributed by atoms with Gasteiger partial charge >= 0.3 is 0 Å². The van der Waals surface area contributed by atoms with Crippen molar-refractivity contribution in [2.75, 3.05) is 0 Å². The Morgan fingerprint density at radius 1 is 0.697 bits per heavy atom. The van der Waals surface area contributed by atoms with E-state index in [1.165, 1.54) is 0 Å². The fourth-order valence-electron chi connectivity index (χ4n) is 3.97. The number of pyridine rings is 2. The molecule has 0 bridgehead atoms. The molecule has 0 aliphatic rings. The number of nitrogens with one attached hydrogen (secondary N) is 2. The number of aromatic nitrogens is 8. The zero-order valence-electron chi connectivity index (χ0n) is 17.7. The molecular formula is C25H18N8. The van der Waals surface area contributed by atoms with Crippen molar-refractivity contribution >= 4 is 11.0 Å². The van der Waals surface area contributed by atoms with E-state index in [1.807, 2.05) is 30.5 Å². The predicted octanol–water partition coefficient (Wildman–Crippen LogP) is 4.84. The van der Waals surface area contributed by atoms with E-state index >= 15 is 0 Å². The lowest BCUT2D eigenvalue weighted by molar-refractivity contribution is 1.17. The highest BCUT2D eigenvalue weighted by Crippen LogP contribution is 2.42. The summed E-state index contributed by atoms with van der Waals surface area (Å²) in [6.45, 7) is 2.05. The molecule has 0 aliphatic carbocycles. The first-order chi connectivity index (χ1) is 16.3. The Labute approximate surface area is 188 Å². The highest BCUT2D eigenvalue weighted by Gasteiger charge is 2.24. The number of aromatic amines is 2. The van der Waals surface area contributed by atoms with Crippen LogP contribution >= 0.6 is 0 Å². The Morgan fingerprint density at radius 3 is 2.30 bits per heavy atom. The molecule has 0 saturated carbocycles. The van der Waals surface area contributed by atoms with Crippen LogP contribution in [0.5, 0.6) is 0 Å². The molecule has 158 valence electrons. The highest BCUT2D eigenvalue weighted by molar-refractivity contribution is 6.05. The second kappa shape index (κ2) is 7.76. The number of hydrogen-bond acceptors (Lipinski definition) is 6. The fraction of sp³-hybridized carbons (Fsp3) is 0.0400. The van der Waals surface area contributed by atoms with E-state index in [2.05, 4.69) is 53.9 Å². The van der Waals surface area contributed by atoms with Crippen LogP contribution in [0.3, 0.4) is 0 Å². The van der Waals surface area contributed by atoms with E-state index < -0.39 is 0 Å². The molecule has 0 atom stereocenters. The van der Waals surface area contributed by atoms with Crippen molar-refractivity contribution in [1.82, 2.24) is 39.9 Å². The normalized spacial score (nSPS) is 11.2. The first kappa shape index (κ1) is 19.0. The minimum atomic E-state index is 0.565. The van der Waals surface area contributed by atoms with Gasteiger partial charge < -0.3 is 9.97 Å². The van der Waals surface area contributed by atoms with Crippen LogP contribution in [0, 0.1) is 6.92 Å². The van der Waals surface area contributed by atoms with Gasteiger partial charge in [-0.2, -0.15) is 0 Å². The molecule has 0 aliphatic heterocycles. The van der Waals surface area contributed by atoms with Gasteiger partial charge in [0.15, 0.2) is 17.5 Å². The van der Waals surface area contributed by atoms with E-state index in [9.17, 15) is 0 Å². The average molecular weight is 430 g/mol. The highest BCUT2D eigenvalue weighted by atomic mass is 15.0. The molecule has 2 N–H and O–H groups in total. The first-order valence-corrected chi connectivity index (χ1v) is 10.5. The third-order valence-electron chi connectivity index (χ3n) is 5.40. The summed E-state index contributed by atoms with van der Waals surface area (Å²) in [5.74, 6) is 1.85.